The molecule has 5 heteroatoms. The first-order chi connectivity index (χ1) is 7.84. The summed E-state index contributed by atoms with van der Waals surface area (Å²) in [5.74, 6) is -0.0522. The molecule has 0 fully saturated rings. The molecule has 16 heavy (non-hydrogen) atoms. The quantitative estimate of drug-likeness (QED) is 0.828. The van der Waals surface area contributed by atoms with E-state index in [2.05, 4.69) is 15.6 Å². The third-order valence-electron chi connectivity index (χ3n) is 2.16. The summed E-state index contributed by atoms with van der Waals surface area (Å²) >= 11 is 0. The van der Waals surface area contributed by atoms with E-state index in [-0.39, 0.29) is 5.91 Å². The highest BCUT2D eigenvalue weighted by Crippen LogP contribution is 2.02. The van der Waals surface area contributed by atoms with Crippen molar-refractivity contribution in [2.24, 2.45) is 0 Å². The number of benzene rings is 1. The smallest absolute Gasteiger partial charge is 0.239 e. The number of amides is 1. The van der Waals surface area contributed by atoms with Crippen molar-refractivity contribution in [2.45, 2.75) is 12.8 Å². The number of nitrogens with one attached hydrogen (secondary N) is 1. The lowest BCUT2D eigenvalue weighted by molar-refractivity contribution is -0.117. The van der Waals surface area contributed by atoms with E-state index in [0.717, 1.165) is 12.0 Å². The molecular formula is C11H12N4O. The minimum atomic E-state index is -0.0522. The summed E-state index contributed by atoms with van der Waals surface area (Å²) in [5.41, 5.74) is 3.80. The van der Waals surface area contributed by atoms with Gasteiger partial charge in [-0.1, -0.05) is 30.3 Å². The maximum Gasteiger partial charge on any atom is 0.239 e. The van der Waals surface area contributed by atoms with Crippen LogP contribution in [0.15, 0.2) is 43.0 Å². The van der Waals surface area contributed by atoms with Gasteiger partial charge in [0.2, 0.25) is 5.91 Å². The first-order valence-corrected chi connectivity index (χ1v) is 5.03. The summed E-state index contributed by atoms with van der Waals surface area (Å²) in [6.45, 7) is 0. The van der Waals surface area contributed by atoms with Gasteiger partial charge in [-0.15, -0.1) is 10.2 Å². The Kier molecular flexibility index (Phi) is 3.28. The second-order valence-corrected chi connectivity index (χ2v) is 3.39. The molecule has 1 amide bonds. The van der Waals surface area contributed by atoms with Gasteiger partial charge in [0.15, 0.2) is 0 Å². The molecule has 1 heterocycles. The molecule has 1 aromatic heterocycles. The molecule has 0 aliphatic carbocycles. The summed E-state index contributed by atoms with van der Waals surface area (Å²) in [6, 6.07) is 9.90. The van der Waals surface area contributed by atoms with Crippen molar-refractivity contribution in [2.75, 3.05) is 5.43 Å². The van der Waals surface area contributed by atoms with Gasteiger partial charge in [-0.3, -0.25) is 10.2 Å². The fourth-order valence-electron chi connectivity index (χ4n) is 1.36. The Morgan fingerprint density at radius 1 is 1.19 bits per heavy atom. The number of carbonyl (C=O) groups is 1. The number of carbonyl (C=O) groups excluding carboxylic acids is 1. The highest BCUT2D eigenvalue weighted by atomic mass is 16.2. The fourth-order valence-corrected chi connectivity index (χ4v) is 1.36. The average Bonchev–Trinajstić information content (AvgIpc) is 2.81. The molecule has 1 aromatic carbocycles. The van der Waals surface area contributed by atoms with Gasteiger partial charge in [0.05, 0.1) is 0 Å². The molecule has 0 radical (unpaired) electrons. The normalized spacial score (nSPS) is 10.0. The Morgan fingerprint density at radius 3 is 2.56 bits per heavy atom. The summed E-state index contributed by atoms with van der Waals surface area (Å²) in [6.07, 6.45) is 4.07. The number of nitrogens with zero attached hydrogens (tertiary/aromatic N) is 3. The topological polar surface area (TPSA) is 59.8 Å². The van der Waals surface area contributed by atoms with Crippen LogP contribution < -0.4 is 5.43 Å². The van der Waals surface area contributed by atoms with Crippen molar-refractivity contribution in [3.63, 3.8) is 0 Å². The van der Waals surface area contributed by atoms with Gasteiger partial charge in [0.25, 0.3) is 0 Å². The van der Waals surface area contributed by atoms with Gasteiger partial charge in [-0.2, -0.15) is 0 Å². The van der Waals surface area contributed by atoms with E-state index < -0.39 is 0 Å². The van der Waals surface area contributed by atoms with E-state index in [1.54, 1.807) is 0 Å². The van der Waals surface area contributed by atoms with Gasteiger partial charge in [0.1, 0.15) is 12.7 Å². The zero-order chi connectivity index (χ0) is 11.2. The van der Waals surface area contributed by atoms with Crippen molar-refractivity contribution in [1.29, 1.82) is 0 Å². The largest absolute Gasteiger partial charge is 0.273 e. The molecule has 0 atom stereocenters. The van der Waals surface area contributed by atoms with Crippen molar-refractivity contribution in [3.05, 3.63) is 48.5 Å². The van der Waals surface area contributed by atoms with Crippen LogP contribution in [0.4, 0.5) is 0 Å². The maximum atomic E-state index is 11.5. The average molecular weight is 216 g/mol. The number of aromatic nitrogens is 3. The van der Waals surface area contributed by atoms with Crippen LogP contribution in [0.3, 0.4) is 0 Å². The minimum Gasteiger partial charge on any atom is -0.273 e. The molecule has 2 aromatic rings. The van der Waals surface area contributed by atoms with Crippen molar-refractivity contribution in [3.8, 4) is 0 Å². The van der Waals surface area contributed by atoms with E-state index in [1.165, 1.54) is 17.3 Å². The third-order valence-corrected chi connectivity index (χ3v) is 2.16. The number of hydrogen-bond donors (Lipinski definition) is 1. The lowest BCUT2D eigenvalue weighted by Gasteiger charge is -2.04. The van der Waals surface area contributed by atoms with Crippen LogP contribution in [-0.4, -0.2) is 20.8 Å². The van der Waals surface area contributed by atoms with E-state index >= 15 is 0 Å². The molecule has 0 bridgehead atoms. The van der Waals surface area contributed by atoms with Crippen molar-refractivity contribution in [1.82, 2.24) is 14.9 Å². The van der Waals surface area contributed by atoms with Gasteiger partial charge in [0, 0.05) is 6.42 Å². The van der Waals surface area contributed by atoms with Gasteiger partial charge >= 0.3 is 0 Å². The molecule has 0 spiro atoms. The van der Waals surface area contributed by atoms with Crippen LogP contribution in [0.2, 0.25) is 0 Å². The fraction of sp³-hybridized carbons (Fsp3) is 0.182. The van der Waals surface area contributed by atoms with Gasteiger partial charge in [-0.25, -0.2) is 4.68 Å². The predicted molar refractivity (Wildman–Crippen MR) is 59.2 cm³/mol. The molecule has 0 aliphatic rings. The SMILES string of the molecule is O=C(CCc1ccccc1)Nn1cnnc1. The zero-order valence-electron chi connectivity index (χ0n) is 8.71. The monoisotopic (exact) mass is 216 g/mol. The number of aryl methyl sites for hydroxylation is 1. The van der Waals surface area contributed by atoms with Crippen LogP contribution in [-0.2, 0) is 11.2 Å². The van der Waals surface area contributed by atoms with Crippen molar-refractivity contribution >= 4 is 5.91 Å². The Hall–Kier alpha value is -2.17. The maximum absolute atomic E-state index is 11.5. The molecule has 82 valence electrons. The number of rotatable bonds is 4. The van der Waals surface area contributed by atoms with Gasteiger partial charge in [-0.05, 0) is 12.0 Å². The highest BCUT2D eigenvalue weighted by Gasteiger charge is 2.02. The van der Waals surface area contributed by atoms with E-state index in [1.807, 2.05) is 30.3 Å². The lowest BCUT2D eigenvalue weighted by atomic mass is 10.1. The molecule has 0 saturated heterocycles. The van der Waals surface area contributed by atoms with Crippen LogP contribution in [0.5, 0.6) is 0 Å². The predicted octanol–water partition coefficient (Wildman–Crippen LogP) is 0.981. The summed E-state index contributed by atoms with van der Waals surface area (Å²) in [4.78, 5) is 11.5. The third kappa shape index (κ3) is 2.91. The molecule has 0 aliphatic heterocycles. The molecule has 2 rings (SSSR count). The zero-order valence-corrected chi connectivity index (χ0v) is 8.71. The summed E-state index contributed by atoms with van der Waals surface area (Å²) in [7, 11) is 0. The van der Waals surface area contributed by atoms with Crippen LogP contribution >= 0.6 is 0 Å². The van der Waals surface area contributed by atoms with E-state index in [0.29, 0.717) is 6.42 Å². The summed E-state index contributed by atoms with van der Waals surface area (Å²) in [5, 5.41) is 7.18. The molecule has 0 saturated carbocycles. The Bertz CT molecular complexity index is 438. The second-order valence-electron chi connectivity index (χ2n) is 3.39. The second kappa shape index (κ2) is 5.06. The molecule has 1 N–H and O–H groups in total. The standard InChI is InChI=1S/C11H12N4O/c16-11(14-15-8-12-13-9-15)7-6-10-4-2-1-3-5-10/h1-5,8-9H,6-7H2,(H,14,16). The van der Waals surface area contributed by atoms with Crippen LogP contribution in [0.25, 0.3) is 0 Å². The summed E-state index contributed by atoms with van der Waals surface area (Å²) < 4.78 is 1.44. The minimum absolute atomic E-state index is 0.0522. The Balaban J connectivity index is 1.80. The van der Waals surface area contributed by atoms with Crippen molar-refractivity contribution < 1.29 is 4.79 Å². The van der Waals surface area contributed by atoms with Crippen LogP contribution in [0.1, 0.15) is 12.0 Å². The first kappa shape index (κ1) is 10.4. The Morgan fingerprint density at radius 2 is 1.88 bits per heavy atom. The molecule has 0 unspecified atom stereocenters. The molecule has 5 nitrogen and oxygen atoms in total. The Labute approximate surface area is 93.1 Å². The van der Waals surface area contributed by atoms with E-state index in [9.17, 15) is 4.79 Å². The van der Waals surface area contributed by atoms with Gasteiger partial charge < -0.3 is 0 Å². The first-order valence-electron chi connectivity index (χ1n) is 5.03. The van der Waals surface area contributed by atoms with E-state index in [4.69, 9.17) is 0 Å². The van der Waals surface area contributed by atoms with Crippen LogP contribution in [0, 0.1) is 0 Å². The molecular weight excluding hydrogens is 204 g/mol. The number of hydrogen-bond acceptors (Lipinski definition) is 3. The highest BCUT2D eigenvalue weighted by molar-refractivity contribution is 5.83. The lowest BCUT2D eigenvalue weighted by Crippen LogP contribution is -2.21.